The van der Waals surface area contributed by atoms with E-state index in [4.69, 9.17) is 0 Å². The predicted octanol–water partition coefficient (Wildman–Crippen LogP) is -4.12. The molecule has 0 aliphatic heterocycles. The molecule has 0 aliphatic carbocycles. The molecule has 0 radical (unpaired) electrons. The fourth-order valence-electron chi connectivity index (χ4n) is 2.44. The number of carbonyl (C=O) groups is 2. The number of thiazole rings is 1. The van der Waals surface area contributed by atoms with Crippen molar-refractivity contribution in [3.63, 3.8) is 0 Å². The zero-order chi connectivity index (χ0) is 19.2. The molecule has 3 aromatic rings. The second-order valence-electron chi connectivity index (χ2n) is 5.28. The van der Waals surface area contributed by atoms with Crippen LogP contribution in [0.5, 0.6) is 0 Å². The molecule has 2 aromatic heterocycles. The number of Topliss-reactive ketones (excluding diaryl/α,β-unsaturated/α-hetero) is 1. The zero-order valence-corrected chi connectivity index (χ0v) is 20.8. The van der Waals surface area contributed by atoms with E-state index in [9.17, 15) is 32.7 Å². The number of nitrogens with zero attached hydrogens (tertiary/aromatic N) is 2. The van der Waals surface area contributed by atoms with E-state index >= 15 is 0 Å². The summed E-state index contributed by atoms with van der Waals surface area (Å²) in [5, 5.41) is 0.807. The Hall–Kier alpha value is -0.260. The van der Waals surface area contributed by atoms with Crippen LogP contribution in [0.15, 0.2) is 23.7 Å². The molecule has 1 aromatic carbocycles. The van der Waals surface area contributed by atoms with E-state index < -0.39 is 36.2 Å². The fourth-order valence-corrected chi connectivity index (χ4v) is 3.92. The molecule has 0 bridgehead atoms. The van der Waals surface area contributed by atoms with E-state index in [1.807, 2.05) is 0 Å². The standard InChI is InChI=1S/C15H11F2N2O5PS.2Na/c1-2-12(20)11-6-26-15(18-11)14(21)9-5-19(25(22,23)24)13-8(9)3-7(16)4-10(13)17;;/h3-6H,2H2,1H3,(H2,22,23,24);;/q;2*+1/p-2. The first-order chi connectivity index (χ1) is 12.1. The number of halogens is 2. The first-order valence-corrected chi connectivity index (χ1v) is 9.57. The summed E-state index contributed by atoms with van der Waals surface area (Å²) in [6.07, 6.45) is 0.807. The SMILES string of the molecule is CCC(=O)c1csc(C(=O)c2cn(P(=O)([O-])[O-])c3c(F)cc(F)cc23)n1.[Na+].[Na+]. The minimum Gasteiger partial charge on any atom is -0.795 e. The van der Waals surface area contributed by atoms with Gasteiger partial charge < -0.3 is 18.7 Å². The van der Waals surface area contributed by atoms with Crippen LogP contribution >= 0.6 is 19.1 Å². The number of hydrogen-bond donors (Lipinski definition) is 0. The van der Waals surface area contributed by atoms with Gasteiger partial charge in [-0.15, -0.1) is 11.3 Å². The van der Waals surface area contributed by atoms with Crippen LogP contribution in [0.2, 0.25) is 0 Å². The molecule has 0 saturated heterocycles. The first-order valence-electron chi connectivity index (χ1n) is 7.20. The van der Waals surface area contributed by atoms with Gasteiger partial charge in [-0.25, -0.2) is 13.8 Å². The first kappa shape index (κ1) is 25.8. The summed E-state index contributed by atoms with van der Waals surface area (Å²) in [5.41, 5.74) is -1.07. The summed E-state index contributed by atoms with van der Waals surface area (Å²) in [6, 6.07) is 1.16. The fraction of sp³-hybridized carbons (Fsp3) is 0.133. The molecule has 0 saturated carbocycles. The number of hydrogen-bond acceptors (Lipinski definition) is 7. The van der Waals surface area contributed by atoms with Crippen molar-refractivity contribution in [1.29, 1.82) is 0 Å². The van der Waals surface area contributed by atoms with E-state index in [0.29, 0.717) is 12.3 Å². The third-order valence-electron chi connectivity index (χ3n) is 3.61. The van der Waals surface area contributed by atoms with Crippen molar-refractivity contribution in [3.05, 3.63) is 51.6 Å². The molecule has 13 heteroatoms. The third-order valence-corrected chi connectivity index (χ3v) is 5.30. The Morgan fingerprint density at radius 3 is 2.46 bits per heavy atom. The minimum atomic E-state index is -5.50. The van der Waals surface area contributed by atoms with Crippen LogP contribution in [0, 0.1) is 11.6 Å². The summed E-state index contributed by atoms with van der Waals surface area (Å²) in [5.74, 6) is -3.50. The van der Waals surface area contributed by atoms with Crippen LogP contribution in [-0.2, 0) is 4.57 Å². The largest absolute Gasteiger partial charge is 1.00 e. The van der Waals surface area contributed by atoms with Crippen LogP contribution < -0.4 is 68.9 Å². The van der Waals surface area contributed by atoms with Crippen molar-refractivity contribution in [2.24, 2.45) is 0 Å². The molecule has 0 atom stereocenters. The second kappa shape index (κ2) is 9.70. The normalized spacial score (nSPS) is 11.0. The molecule has 7 nitrogen and oxygen atoms in total. The van der Waals surface area contributed by atoms with Crippen molar-refractivity contribution in [1.82, 2.24) is 9.32 Å². The Labute approximate surface area is 205 Å². The Bertz CT molecular complexity index is 1110. The molecule has 28 heavy (non-hydrogen) atoms. The van der Waals surface area contributed by atoms with Crippen LogP contribution in [0.25, 0.3) is 10.9 Å². The maximum Gasteiger partial charge on any atom is 1.00 e. The van der Waals surface area contributed by atoms with Gasteiger partial charge in [-0.2, -0.15) is 0 Å². The van der Waals surface area contributed by atoms with Crippen LogP contribution in [-0.4, -0.2) is 20.9 Å². The molecule has 3 rings (SSSR count). The average molecular weight is 444 g/mol. The van der Waals surface area contributed by atoms with Gasteiger partial charge in [-0.05, 0) is 6.07 Å². The predicted molar refractivity (Wildman–Crippen MR) is 85.0 cm³/mol. The smallest absolute Gasteiger partial charge is 0.795 e. The molecular weight excluding hydrogens is 435 g/mol. The summed E-state index contributed by atoms with van der Waals surface area (Å²) in [4.78, 5) is 50.9. The van der Waals surface area contributed by atoms with Gasteiger partial charge in [0.1, 0.15) is 11.5 Å². The van der Waals surface area contributed by atoms with E-state index in [1.54, 1.807) is 6.92 Å². The zero-order valence-electron chi connectivity index (χ0n) is 15.1. The number of ketones is 2. The van der Waals surface area contributed by atoms with Crippen molar-refractivity contribution < 1.29 is 91.8 Å². The van der Waals surface area contributed by atoms with E-state index in [1.165, 1.54) is 5.38 Å². The minimum absolute atomic E-state index is 0. The van der Waals surface area contributed by atoms with E-state index in [0.717, 1.165) is 17.4 Å². The van der Waals surface area contributed by atoms with Gasteiger partial charge in [0.15, 0.2) is 16.6 Å². The number of rotatable bonds is 5. The summed E-state index contributed by atoms with van der Waals surface area (Å²) in [6.45, 7) is 1.61. The summed E-state index contributed by atoms with van der Waals surface area (Å²) in [7, 11) is -5.50. The van der Waals surface area contributed by atoms with Crippen molar-refractivity contribution in [2.45, 2.75) is 13.3 Å². The monoisotopic (exact) mass is 444 g/mol. The van der Waals surface area contributed by atoms with Crippen molar-refractivity contribution in [3.8, 4) is 0 Å². The molecule has 0 spiro atoms. The van der Waals surface area contributed by atoms with Gasteiger partial charge in [-0.1, -0.05) is 6.92 Å². The van der Waals surface area contributed by atoms with E-state index in [2.05, 4.69) is 4.98 Å². The van der Waals surface area contributed by atoms with Gasteiger partial charge in [0.2, 0.25) is 5.78 Å². The quantitative estimate of drug-likeness (QED) is 0.225. The van der Waals surface area contributed by atoms with Crippen LogP contribution in [0.1, 0.15) is 39.2 Å². The Balaban J connectivity index is 0.00000196. The average Bonchev–Trinajstić information content (AvgIpc) is 3.17. The molecule has 0 aliphatic rings. The third kappa shape index (κ3) is 4.89. The second-order valence-corrected chi connectivity index (χ2v) is 7.51. The van der Waals surface area contributed by atoms with Gasteiger partial charge >= 0.3 is 59.1 Å². The maximum atomic E-state index is 14.0. The molecular formula is C15H9F2N2Na2O5PS. The maximum absolute atomic E-state index is 14.0. The number of benzene rings is 1. The molecule has 0 unspecified atom stereocenters. The summed E-state index contributed by atoms with van der Waals surface area (Å²) >= 11 is 0.826. The molecule has 0 N–H and O–H groups in total. The van der Waals surface area contributed by atoms with Gasteiger partial charge in [0, 0.05) is 37.2 Å². The molecule has 0 amide bonds. The number of fused-ring (bicyclic) bond motifs is 1. The summed E-state index contributed by atoms with van der Waals surface area (Å²) < 4.78 is 39.1. The Morgan fingerprint density at radius 1 is 1.25 bits per heavy atom. The number of aromatic nitrogens is 2. The van der Waals surface area contributed by atoms with Gasteiger partial charge in [0.05, 0.1) is 11.1 Å². The number of carbonyl (C=O) groups excluding carboxylic acids is 2. The van der Waals surface area contributed by atoms with Crippen LogP contribution in [0.4, 0.5) is 8.78 Å². The molecule has 0 fully saturated rings. The molecule has 2 heterocycles. The van der Waals surface area contributed by atoms with Crippen molar-refractivity contribution in [2.75, 3.05) is 0 Å². The topological polar surface area (TPSA) is 115 Å². The van der Waals surface area contributed by atoms with E-state index in [-0.39, 0.29) is 91.7 Å². The van der Waals surface area contributed by atoms with Crippen molar-refractivity contribution >= 4 is 41.6 Å². The van der Waals surface area contributed by atoms with Gasteiger partial charge in [0.25, 0.3) is 0 Å². The van der Waals surface area contributed by atoms with Gasteiger partial charge in [-0.3, -0.25) is 9.59 Å². The Morgan fingerprint density at radius 2 is 1.89 bits per heavy atom. The van der Waals surface area contributed by atoms with Crippen LogP contribution in [0.3, 0.4) is 0 Å². The molecule has 136 valence electrons. The Kier molecular flexibility index (Phi) is 8.93.